The number of hydrogen-bond donors (Lipinski definition) is 4. The van der Waals surface area contributed by atoms with Crippen LogP contribution in [0.5, 0.6) is 5.75 Å². The van der Waals surface area contributed by atoms with Gasteiger partial charge in [0.2, 0.25) is 5.91 Å². The fourth-order valence-electron chi connectivity index (χ4n) is 4.65. The number of ether oxygens (including phenoxy) is 1. The Labute approximate surface area is 189 Å². The van der Waals surface area contributed by atoms with Crippen molar-refractivity contribution in [2.45, 2.75) is 36.9 Å². The summed E-state index contributed by atoms with van der Waals surface area (Å²) >= 11 is 5.99. The molecule has 1 saturated heterocycles. The number of nitrogens with zero attached hydrogens (tertiary/aromatic N) is 3. The number of carbonyl (C=O) groups excluding carboxylic acids is 1. The van der Waals surface area contributed by atoms with Crippen molar-refractivity contribution in [2.75, 3.05) is 24.7 Å². The number of carbonyl (C=O) groups is 1. The Morgan fingerprint density at radius 1 is 1.41 bits per heavy atom. The molecule has 168 valence electrons. The summed E-state index contributed by atoms with van der Waals surface area (Å²) in [7, 11) is 0. The lowest BCUT2D eigenvalue weighted by Crippen LogP contribution is -2.63. The van der Waals surface area contributed by atoms with Gasteiger partial charge in [0, 0.05) is 24.4 Å². The van der Waals surface area contributed by atoms with Crippen molar-refractivity contribution in [3.05, 3.63) is 47.4 Å². The van der Waals surface area contributed by atoms with Gasteiger partial charge >= 0.3 is 0 Å². The number of fused-ring (bicyclic) bond motifs is 2. The topological polar surface area (TPSA) is 129 Å². The van der Waals surface area contributed by atoms with Gasteiger partial charge in [-0.3, -0.25) is 4.79 Å². The van der Waals surface area contributed by atoms with Crippen LogP contribution >= 0.6 is 11.6 Å². The lowest BCUT2D eigenvalue weighted by Gasteiger charge is -2.43. The molecule has 0 bridgehead atoms. The number of amides is 1. The average Bonchev–Trinajstić information content (AvgIpc) is 3.14. The lowest BCUT2D eigenvalue weighted by molar-refractivity contribution is -0.128. The van der Waals surface area contributed by atoms with E-state index in [1.807, 2.05) is 12.1 Å². The summed E-state index contributed by atoms with van der Waals surface area (Å²) < 4.78 is 6.02. The van der Waals surface area contributed by atoms with Crippen molar-refractivity contribution in [1.82, 2.24) is 20.3 Å². The van der Waals surface area contributed by atoms with Crippen LogP contribution in [0.3, 0.4) is 0 Å². The summed E-state index contributed by atoms with van der Waals surface area (Å²) in [6.45, 7) is 0.907. The van der Waals surface area contributed by atoms with E-state index in [1.54, 1.807) is 18.3 Å². The molecule has 0 aliphatic carbocycles. The Kier molecular flexibility index (Phi) is 5.40. The van der Waals surface area contributed by atoms with Crippen LogP contribution in [-0.2, 0) is 4.79 Å². The summed E-state index contributed by atoms with van der Waals surface area (Å²) in [4.78, 5) is 27.4. The molecule has 0 radical (unpaired) electrons. The quantitative estimate of drug-likeness (QED) is 0.461. The number of benzene rings is 1. The molecular weight excluding hydrogens is 432 g/mol. The SMILES string of the molecule is N[C@@]1(C(=O)N[C@@H](CCO)c2ccc(Cl)cc2)CCN2c3ncnc4[nH]cc(c34)OC[C@H]2C1. The number of nitrogens with two attached hydrogens (primary N) is 1. The molecule has 0 saturated carbocycles. The first-order chi connectivity index (χ1) is 15.5. The van der Waals surface area contributed by atoms with Crippen molar-refractivity contribution >= 4 is 34.4 Å². The first-order valence-corrected chi connectivity index (χ1v) is 11.0. The van der Waals surface area contributed by atoms with Crippen molar-refractivity contribution in [3.63, 3.8) is 0 Å². The Bertz CT molecular complexity index is 1140. The molecule has 5 N–H and O–H groups in total. The van der Waals surface area contributed by atoms with Crippen molar-refractivity contribution in [2.24, 2.45) is 5.73 Å². The highest BCUT2D eigenvalue weighted by Crippen LogP contribution is 2.39. The van der Waals surface area contributed by atoms with Gasteiger partial charge in [-0.2, -0.15) is 0 Å². The molecule has 1 fully saturated rings. The maximum atomic E-state index is 13.3. The minimum atomic E-state index is -1.06. The highest BCUT2D eigenvalue weighted by atomic mass is 35.5. The zero-order chi connectivity index (χ0) is 22.3. The van der Waals surface area contributed by atoms with E-state index in [1.165, 1.54) is 6.33 Å². The molecule has 0 unspecified atom stereocenters. The first-order valence-electron chi connectivity index (χ1n) is 10.7. The standard InChI is InChI=1S/C22H25ClN6O3/c23-14-3-1-13(2-4-14)16(5-8-30)28-21(31)22(24)6-7-29-15(9-22)11-32-17-10-25-19-18(17)20(29)27-12-26-19/h1-4,10,12,15-16,30H,5-9,11,24H2,(H,28,31)(H,25,26,27)/t15-,16+,22+/m1/s1. The predicted molar refractivity (Wildman–Crippen MR) is 121 cm³/mol. The van der Waals surface area contributed by atoms with E-state index in [9.17, 15) is 9.90 Å². The molecule has 4 heterocycles. The van der Waals surface area contributed by atoms with Gasteiger partial charge in [0.1, 0.15) is 35.5 Å². The Morgan fingerprint density at radius 2 is 2.22 bits per heavy atom. The van der Waals surface area contributed by atoms with Gasteiger partial charge in [-0.15, -0.1) is 0 Å². The van der Waals surface area contributed by atoms with Gasteiger partial charge in [0.25, 0.3) is 0 Å². The molecular formula is C22H25ClN6O3. The zero-order valence-corrected chi connectivity index (χ0v) is 18.2. The first kappa shape index (κ1) is 21.0. The number of nitrogens with one attached hydrogen (secondary N) is 2. The Balaban J connectivity index is 1.35. The molecule has 0 spiro atoms. The monoisotopic (exact) mass is 456 g/mol. The molecule has 1 amide bonds. The van der Waals surface area contributed by atoms with Crippen LogP contribution in [0.1, 0.15) is 30.9 Å². The van der Waals surface area contributed by atoms with E-state index in [2.05, 4.69) is 25.2 Å². The Morgan fingerprint density at radius 3 is 3.00 bits per heavy atom. The van der Waals surface area contributed by atoms with Crippen LogP contribution in [0, 0.1) is 0 Å². The maximum Gasteiger partial charge on any atom is 0.240 e. The number of anilines is 1. The van der Waals surface area contributed by atoms with Gasteiger partial charge < -0.3 is 30.8 Å². The number of H-pyrrole nitrogens is 1. The number of aliphatic hydroxyl groups excluding tert-OH is 1. The van der Waals surface area contributed by atoms with Gasteiger partial charge in [-0.25, -0.2) is 9.97 Å². The number of aliphatic hydroxyl groups is 1. The van der Waals surface area contributed by atoms with Crippen LogP contribution in [0.25, 0.3) is 11.0 Å². The van der Waals surface area contributed by atoms with Gasteiger partial charge in [-0.05, 0) is 37.0 Å². The molecule has 1 aromatic carbocycles. The zero-order valence-electron chi connectivity index (χ0n) is 17.4. The lowest BCUT2D eigenvalue weighted by atomic mass is 9.82. The van der Waals surface area contributed by atoms with Crippen molar-refractivity contribution < 1.29 is 14.6 Å². The molecule has 3 aromatic rings. The number of rotatable bonds is 5. The number of aromatic nitrogens is 3. The van der Waals surface area contributed by atoms with Crippen molar-refractivity contribution in [1.29, 1.82) is 0 Å². The van der Waals surface area contributed by atoms with Gasteiger partial charge in [-0.1, -0.05) is 23.7 Å². The fourth-order valence-corrected chi connectivity index (χ4v) is 4.78. The van der Waals surface area contributed by atoms with Gasteiger partial charge in [0.15, 0.2) is 0 Å². The second-order valence-corrected chi connectivity index (χ2v) is 8.87. The van der Waals surface area contributed by atoms with Crippen LogP contribution < -0.4 is 20.7 Å². The molecule has 2 aliphatic rings. The van der Waals surface area contributed by atoms with Crippen LogP contribution in [0.4, 0.5) is 5.82 Å². The molecule has 10 heteroatoms. The van der Waals surface area contributed by atoms with E-state index in [0.29, 0.717) is 43.2 Å². The van der Waals surface area contributed by atoms with E-state index in [0.717, 1.165) is 22.4 Å². The predicted octanol–water partition coefficient (Wildman–Crippen LogP) is 1.91. The Hall–Kier alpha value is -2.88. The van der Waals surface area contributed by atoms with E-state index in [-0.39, 0.29) is 24.6 Å². The van der Waals surface area contributed by atoms with Crippen LogP contribution in [-0.4, -0.2) is 57.3 Å². The second-order valence-electron chi connectivity index (χ2n) is 8.43. The number of piperidine rings is 1. The molecule has 3 atom stereocenters. The van der Waals surface area contributed by atoms with E-state index in [4.69, 9.17) is 22.1 Å². The largest absolute Gasteiger partial charge is 0.489 e. The fraction of sp³-hybridized carbons (Fsp3) is 0.409. The van der Waals surface area contributed by atoms with E-state index < -0.39 is 5.54 Å². The third-order valence-electron chi connectivity index (χ3n) is 6.40. The summed E-state index contributed by atoms with van der Waals surface area (Å²) in [5.41, 5.74) is 7.21. The molecule has 2 aromatic heterocycles. The summed E-state index contributed by atoms with van der Waals surface area (Å²) in [6.07, 6.45) is 4.59. The summed E-state index contributed by atoms with van der Waals surface area (Å²) in [5, 5.41) is 14.0. The third-order valence-corrected chi connectivity index (χ3v) is 6.66. The number of aromatic amines is 1. The minimum absolute atomic E-state index is 0.0582. The highest BCUT2D eigenvalue weighted by molar-refractivity contribution is 6.30. The summed E-state index contributed by atoms with van der Waals surface area (Å²) in [6, 6.07) is 6.78. The second kappa shape index (κ2) is 8.23. The number of hydrogen-bond acceptors (Lipinski definition) is 7. The molecule has 2 aliphatic heterocycles. The minimum Gasteiger partial charge on any atom is -0.489 e. The average molecular weight is 457 g/mol. The molecule has 9 nitrogen and oxygen atoms in total. The van der Waals surface area contributed by atoms with Crippen LogP contribution in [0.2, 0.25) is 5.02 Å². The summed E-state index contributed by atoms with van der Waals surface area (Å²) in [5.74, 6) is 1.28. The number of halogens is 1. The molecule has 5 rings (SSSR count). The highest BCUT2D eigenvalue weighted by Gasteiger charge is 2.45. The van der Waals surface area contributed by atoms with Crippen molar-refractivity contribution in [3.8, 4) is 5.75 Å². The van der Waals surface area contributed by atoms with Crippen LogP contribution in [0.15, 0.2) is 36.8 Å². The molecule has 32 heavy (non-hydrogen) atoms. The van der Waals surface area contributed by atoms with Gasteiger partial charge in [0.05, 0.1) is 17.6 Å². The normalized spacial score (nSPS) is 23.2. The third kappa shape index (κ3) is 3.66. The maximum absolute atomic E-state index is 13.3. The van der Waals surface area contributed by atoms with E-state index >= 15 is 0 Å². The smallest absolute Gasteiger partial charge is 0.240 e.